The number of hydrogen-bond acceptors (Lipinski definition) is 6. The molecule has 2 fully saturated rings. The summed E-state index contributed by atoms with van der Waals surface area (Å²) in [6.45, 7) is 1.87. The lowest BCUT2D eigenvalue weighted by Crippen LogP contribution is -2.47. The zero-order chi connectivity index (χ0) is 18.0. The lowest BCUT2D eigenvalue weighted by atomic mass is 9.79. The minimum Gasteiger partial charge on any atom is -0.348 e. The average Bonchev–Trinajstić information content (AvgIpc) is 3.04. The van der Waals surface area contributed by atoms with Gasteiger partial charge < -0.3 is 5.32 Å². The summed E-state index contributed by atoms with van der Waals surface area (Å²) >= 11 is 0. The molecule has 1 aliphatic carbocycles. The molecule has 1 saturated carbocycles. The second kappa shape index (κ2) is 7.17. The molecule has 0 bridgehead atoms. The number of nitrogens with zero attached hydrogens (tertiary/aromatic N) is 2. The molecule has 5 atom stereocenters. The molecule has 8 nitrogen and oxygen atoms in total. The van der Waals surface area contributed by atoms with Crippen LogP contribution in [0.15, 0.2) is 24.3 Å². The van der Waals surface area contributed by atoms with Crippen LogP contribution in [0.25, 0.3) is 0 Å². The Morgan fingerprint density at radius 2 is 2.08 bits per heavy atom. The molecular formula is C17H21N5O3. The number of nitriles is 1. The number of nitrogens with one attached hydrogen (secondary N) is 3. The van der Waals surface area contributed by atoms with Crippen molar-refractivity contribution in [2.75, 3.05) is 0 Å². The van der Waals surface area contributed by atoms with Crippen LogP contribution in [0.4, 0.5) is 0 Å². The monoisotopic (exact) mass is 343 g/mol. The number of fused-ring (bicyclic) bond motifs is 1. The third kappa shape index (κ3) is 3.62. The fourth-order valence-corrected chi connectivity index (χ4v) is 3.72. The maximum atomic E-state index is 12.6. The van der Waals surface area contributed by atoms with Crippen molar-refractivity contribution in [3.05, 3.63) is 45.5 Å². The predicted molar refractivity (Wildman–Crippen MR) is 89.7 cm³/mol. The van der Waals surface area contributed by atoms with E-state index in [1.807, 2.05) is 19.1 Å². The van der Waals surface area contributed by atoms with Crippen LogP contribution in [0.5, 0.6) is 0 Å². The van der Waals surface area contributed by atoms with E-state index in [0.29, 0.717) is 24.8 Å². The first-order chi connectivity index (χ1) is 12.0. The van der Waals surface area contributed by atoms with E-state index in [-0.39, 0.29) is 28.8 Å². The molecule has 25 heavy (non-hydrogen) atoms. The topological polar surface area (TPSA) is 120 Å². The van der Waals surface area contributed by atoms with Gasteiger partial charge in [0.25, 0.3) is 0 Å². The van der Waals surface area contributed by atoms with Gasteiger partial charge in [0.15, 0.2) is 0 Å². The SMILES string of the molecule is CC(NC(=O)C1NNC2CCC([N+](=O)[O-])CC21)c1ccc(C#N)cc1. The molecule has 1 amide bonds. The molecule has 0 spiro atoms. The summed E-state index contributed by atoms with van der Waals surface area (Å²) < 4.78 is 0. The maximum Gasteiger partial charge on any atom is 0.239 e. The zero-order valence-corrected chi connectivity index (χ0v) is 13.9. The number of hydrogen-bond donors (Lipinski definition) is 3. The van der Waals surface area contributed by atoms with E-state index in [1.54, 1.807) is 12.1 Å². The lowest BCUT2D eigenvalue weighted by Gasteiger charge is -2.29. The molecule has 3 N–H and O–H groups in total. The molecule has 3 rings (SSSR count). The fourth-order valence-electron chi connectivity index (χ4n) is 3.72. The first kappa shape index (κ1) is 17.3. The van der Waals surface area contributed by atoms with Crippen LogP contribution >= 0.6 is 0 Å². The Balaban J connectivity index is 1.64. The van der Waals surface area contributed by atoms with E-state index >= 15 is 0 Å². The molecule has 1 saturated heterocycles. The summed E-state index contributed by atoms with van der Waals surface area (Å²) in [5, 5.41) is 22.9. The molecule has 1 aromatic rings. The van der Waals surface area contributed by atoms with Gasteiger partial charge in [-0.3, -0.25) is 20.3 Å². The minimum absolute atomic E-state index is 0.0858. The number of rotatable bonds is 4. The van der Waals surface area contributed by atoms with Gasteiger partial charge in [0.1, 0.15) is 6.04 Å². The Morgan fingerprint density at radius 1 is 1.36 bits per heavy atom. The van der Waals surface area contributed by atoms with Crippen LogP contribution in [0.3, 0.4) is 0 Å². The second-order valence-electron chi connectivity index (χ2n) is 6.75. The van der Waals surface area contributed by atoms with Crippen molar-refractivity contribution in [3.63, 3.8) is 0 Å². The van der Waals surface area contributed by atoms with Crippen molar-refractivity contribution < 1.29 is 9.72 Å². The van der Waals surface area contributed by atoms with Crippen molar-refractivity contribution in [3.8, 4) is 6.07 Å². The predicted octanol–water partition coefficient (Wildman–Crippen LogP) is 1.03. The zero-order valence-electron chi connectivity index (χ0n) is 13.9. The van der Waals surface area contributed by atoms with E-state index in [2.05, 4.69) is 22.2 Å². The summed E-state index contributed by atoms with van der Waals surface area (Å²) in [6, 6.07) is 7.95. The van der Waals surface area contributed by atoms with Crippen molar-refractivity contribution in [2.24, 2.45) is 5.92 Å². The highest BCUT2D eigenvalue weighted by Gasteiger charge is 2.46. The molecule has 8 heteroatoms. The molecule has 1 aliphatic heterocycles. The van der Waals surface area contributed by atoms with Gasteiger partial charge in [-0.2, -0.15) is 5.26 Å². The number of benzene rings is 1. The van der Waals surface area contributed by atoms with Crippen LogP contribution < -0.4 is 16.2 Å². The number of hydrazine groups is 1. The highest BCUT2D eigenvalue weighted by molar-refractivity contribution is 5.83. The third-order valence-corrected chi connectivity index (χ3v) is 5.20. The van der Waals surface area contributed by atoms with Crippen LogP contribution in [0, 0.1) is 27.4 Å². The molecule has 2 aliphatic rings. The largest absolute Gasteiger partial charge is 0.348 e. The van der Waals surface area contributed by atoms with Crippen LogP contribution in [-0.4, -0.2) is 29.0 Å². The van der Waals surface area contributed by atoms with Crippen molar-refractivity contribution in [1.29, 1.82) is 5.26 Å². The Morgan fingerprint density at radius 3 is 2.72 bits per heavy atom. The second-order valence-corrected chi connectivity index (χ2v) is 6.75. The Kier molecular flexibility index (Phi) is 4.97. The van der Waals surface area contributed by atoms with Gasteiger partial charge in [-0.05, 0) is 31.0 Å². The van der Waals surface area contributed by atoms with Crippen LogP contribution in [0.2, 0.25) is 0 Å². The quantitative estimate of drug-likeness (QED) is 0.555. The molecular weight excluding hydrogens is 322 g/mol. The van der Waals surface area contributed by atoms with Crippen molar-refractivity contribution in [1.82, 2.24) is 16.2 Å². The summed E-state index contributed by atoms with van der Waals surface area (Å²) in [4.78, 5) is 23.5. The number of carbonyl (C=O) groups excluding carboxylic acids is 1. The fraction of sp³-hybridized carbons (Fsp3) is 0.529. The van der Waals surface area contributed by atoms with E-state index in [4.69, 9.17) is 5.26 Å². The summed E-state index contributed by atoms with van der Waals surface area (Å²) in [5.74, 6) is -0.252. The highest BCUT2D eigenvalue weighted by Crippen LogP contribution is 2.32. The first-order valence-corrected chi connectivity index (χ1v) is 8.44. The van der Waals surface area contributed by atoms with Gasteiger partial charge in [-0.25, -0.2) is 5.43 Å². The van der Waals surface area contributed by atoms with Gasteiger partial charge in [0.2, 0.25) is 11.9 Å². The van der Waals surface area contributed by atoms with E-state index in [9.17, 15) is 14.9 Å². The molecule has 5 unspecified atom stereocenters. The smallest absolute Gasteiger partial charge is 0.239 e. The average molecular weight is 343 g/mol. The van der Waals surface area contributed by atoms with Crippen LogP contribution in [-0.2, 0) is 4.79 Å². The number of carbonyl (C=O) groups is 1. The maximum absolute atomic E-state index is 12.6. The normalized spacial score (nSPS) is 29.3. The van der Waals surface area contributed by atoms with Crippen molar-refractivity contribution >= 4 is 5.91 Å². The number of amides is 1. The molecule has 1 heterocycles. The standard InChI is InChI=1S/C17H21N5O3/c1-10(12-4-2-11(9-18)3-5-12)19-17(23)16-14-8-13(22(24)25)6-7-15(14)20-21-16/h2-5,10,13-16,20-21H,6-8H2,1H3,(H,19,23). The Labute approximate surface area is 145 Å². The number of nitro groups is 1. The van der Waals surface area contributed by atoms with E-state index in [0.717, 1.165) is 5.56 Å². The van der Waals surface area contributed by atoms with E-state index < -0.39 is 12.1 Å². The van der Waals surface area contributed by atoms with Gasteiger partial charge in [-0.1, -0.05) is 12.1 Å². The van der Waals surface area contributed by atoms with Gasteiger partial charge >= 0.3 is 0 Å². The van der Waals surface area contributed by atoms with Gasteiger partial charge in [-0.15, -0.1) is 0 Å². The molecule has 1 aromatic carbocycles. The third-order valence-electron chi connectivity index (χ3n) is 5.20. The lowest BCUT2D eigenvalue weighted by molar-refractivity contribution is -0.528. The highest BCUT2D eigenvalue weighted by atomic mass is 16.6. The van der Waals surface area contributed by atoms with Gasteiger partial charge in [0.05, 0.1) is 17.7 Å². The molecule has 132 valence electrons. The minimum atomic E-state index is -0.575. The Hall–Kier alpha value is -2.50. The summed E-state index contributed by atoms with van der Waals surface area (Å²) in [5.41, 5.74) is 7.59. The molecule has 0 radical (unpaired) electrons. The summed E-state index contributed by atoms with van der Waals surface area (Å²) in [7, 11) is 0. The van der Waals surface area contributed by atoms with Crippen molar-refractivity contribution in [2.45, 2.75) is 50.4 Å². The van der Waals surface area contributed by atoms with E-state index in [1.165, 1.54) is 0 Å². The summed E-state index contributed by atoms with van der Waals surface area (Å²) in [6.07, 6.45) is 1.64. The molecule has 0 aromatic heterocycles. The Bertz CT molecular complexity index is 699. The van der Waals surface area contributed by atoms with Gasteiger partial charge in [0, 0.05) is 29.7 Å². The first-order valence-electron chi connectivity index (χ1n) is 8.44. The van der Waals surface area contributed by atoms with Crippen LogP contribution in [0.1, 0.15) is 43.4 Å².